The van der Waals surface area contributed by atoms with Gasteiger partial charge in [0, 0.05) is 6.20 Å². The van der Waals surface area contributed by atoms with Gasteiger partial charge in [0.15, 0.2) is 5.82 Å². The van der Waals surface area contributed by atoms with E-state index >= 15 is 0 Å². The van der Waals surface area contributed by atoms with Gasteiger partial charge >= 0.3 is 0 Å². The van der Waals surface area contributed by atoms with Crippen LogP contribution < -0.4 is 0 Å². The zero-order valence-corrected chi connectivity index (χ0v) is 12.4. The van der Waals surface area contributed by atoms with Crippen LogP contribution >= 0.6 is 0 Å². The van der Waals surface area contributed by atoms with Crippen molar-refractivity contribution in [1.29, 1.82) is 0 Å². The largest absolute Gasteiger partial charge is 0.221 e. The highest BCUT2D eigenvalue weighted by atomic mass is 15.3. The maximum absolute atomic E-state index is 4.38. The van der Waals surface area contributed by atoms with Crippen LogP contribution in [0.3, 0.4) is 0 Å². The maximum Gasteiger partial charge on any atom is 0.155 e. The van der Waals surface area contributed by atoms with E-state index in [1.54, 1.807) is 10.8 Å². The molecule has 19 heavy (non-hydrogen) atoms. The lowest BCUT2D eigenvalue weighted by Crippen LogP contribution is -2.05. The van der Waals surface area contributed by atoms with Gasteiger partial charge in [-0.05, 0) is 37.3 Å². The summed E-state index contributed by atoms with van der Waals surface area (Å²) in [4.78, 5) is 4.32. The lowest BCUT2D eigenvalue weighted by molar-refractivity contribution is 0.513. The maximum atomic E-state index is 4.38. The molecule has 0 atom stereocenters. The number of hydrogen-bond donors (Lipinski definition) is 0. The molecule has 0 saturated carbocycles. The van der Waals surface area contributed by atoms with Crippen molar-refractivity contribution in [2.24, 2.45) is 5.92 Å². The smallest absolute Gasteiger partial charge is 0.155 e. The number of aromatic nitrogens is 3. The molecule has 0 spiro atoms. The molecule has 0 amide bonds. The van der Waals surface area contributed by atoms with Crippen LogP contribution in [0.5, 0.6) is 0 Å². The second-order valence-corrected chi connectivity index (χ2v) is 4.77. The third-order valence-electron chi connectivity index (χ3n) is 3.20. The molecule has 0 unspecified atom stereocenters. The van der Waals surface area contributed by atoms with Crippen molar-refractivity contribution < 1.29 is 0 Å². The van der Waals surface area contributed by atoms with Crippen molar-refractivity contribution in [3.63, 3.8) is 0 Å². The first-order chi connectivity index (χ1) is 9.15. The minimum atomic E-state index is 0.551. The topological polar surface area (TPSA) is 30.7 Å². The molecule has 0 bridgehead atoms. The first-order valence-electron chi connectivity index (χ1n) is 7.05. The Morgan fingerprint density at radius 1 is 1.26 bits per heavy atom. The van der Waals surface area contributed by atoms with E-state index in [1.807, 2.05) is 19.2 Å². The first kappa shape index (κ1) is 15.4. The van der Waals surface area contributed by atoms with Crippen molar-refractivity contribution in [3.05, 3.63) is 36.5 Å². The Morgan fingerprint density at radius 2 is 1.89 bits per heavy atom. The highest BCUT2D eigenvalue weighted by Crippen LogP contribution is 2.24. The Balaban J connectivity index is 3.07. The summed E-state index contributed by atoms with van der Waals surface area (Å²) in [5, 5.41) is 4.38. The van der Waals surface area contributed by atoms with Crippen LogP contribution in [-0.2, 0) is 0 Å². The number of nitrogens with zero attached hydrogens (tertiary/aromatic N) is 3. The van der Waals surface area contributed by atoms with Crippen molar-refractivity contribution in [1.82, 2.24) is 14.8 Å². The number of rotatable bonds is 8. The Bertz CT molecular complexity index is 449. The molecule has 0 N–H and O–H groups in total. The highest BCUT2D eigenvalue weighted by molar-refractivity contribution is 5.45. The van der Waals surface area contributed by atoms with Crippen LogP contribution in [-0.4, -0.2) is 14.8 Å². The van der Waals surface area contributed by atoms with Gasteiger partial charge in [0.05, 0.1) is 0 Å². The molecular formula is C16H25N3. The Labute approximate surface area is 116 Å². The van der Waals surface area contributed by atoms with E-state index in [4.69, 9.17) is 0 Å². The average molecular weight is 259 g/mol. The molecule has 1 aromatic heterocycles. The van der Waals surface area contributed by atoms with Crippen molar-refractivity contribution in [2.45, 2.75) is 46.5 Å². The van der Waals surface area contributed by atoms with Crippen LogP contribution in [0.4, 0.5) is 0 Å². The summed E-state index contributed by atoms with van der Waals surface area (Å²) in [6, 6.07) is 0. The van der Waals surface area contributed by atoms with Crippen molar-refractivity contribution in [3.8, 4) is 0 Å². The van der Waals surface area contributed by atoms with Crippen LogP contribution in [0, 0.1) is 12.8 Å². The summed E-state index contributed by atoms with van der Waals surface area (Å²) in [6.45, 7) is 14.1. The first-order valence-corrected chi connectivity index (χ1v) is 7.05. The summed E-state index contributed by atoms with van der Waals surface area (Å²) in [5.41, 5.74) is 1.23. The lowest BCUT2D eigenvalue weighted by Gasteiger charge is -2.16. The van der Waals surface area contributed by atoms with E-state index in [0.29, 0.717) is 5.92 Å². The fourth-order valence-corrected chi connectivity index (χ4v) is 2.32. The molecule has 3 heteroatoms. The minimum Gasteiger partial charge on any atom is -0.221 e. The summed E-state index contributed by atoms with van der Waals surface area (Å²) < 4.78 is 1.80. The molecule has 0 aromatic carbocycles. The van der Waals surface area contributed by atoms with Crippen molar-refractivity contribution in [2.75, 3.05) is 0 Å². The third-order valence-corrected chi connectivity index (χ3v) is 3.20. The van der Waals surface area contributed by atoms with Gasteiger partial charge in [-0.2, -0.15) is 5.10 Å². The van der Waals surface area contributed by atoms with Crippen LogP contribution in [0.15, 0.2) is 24.8 Å². The minimum absolute atomic E-state index is 0.551. The fourth-order valence-electron chi connectivity index (χ4n) is 2.32. The molecule has 104 valence electrons. The summed E-state index contributed by atoms with van der Waals surface area (Å²) in [7, 11) is 0. The molecule has 0 aliphatic heterocycles. The Morgan fingerprint density at radius 3 is 2.37 bits per heavy atom. The predicted molar refractivity (Wildman–Crippen MR) is 82.6 cm³/mol. The Hall–Kier alpha value is -1.64. The summed E-state index contributed by atoms with van der Waals surface area (Å²) >= 11 is 0. The van der Waals surface area contributed by atoms with Gasteiger partial charge in [-0.1, -0.05) is 45.9 Å². The molecule has 0 fully saturated rings. The Kier molecular flexibility index (Phi) is 6.26. The van der Waals surface area contributed by atoms with Gasteiger partial charge in [0.25, 0.3) is 0 Å². The van der Waals surface area contributed by atoms with Gasteiger partial charge in [0.1, 0.15) is 5.82 Å². The van der Waals surface area contributed by atoms with Gasteiger partial charge < -0.3 is 0 Å². The predicted octanol–water partition coefficient (Wildman–Crippen LogP) is 4.47. The van der Waals surface area contributed by atoms with E-state index in [-0.39, 0.29) is 0 Å². The van der Waals surface area contributed by atoms with Crippen molar-refractivity contribution >= 4 is 12.3 Å². The van der Waals surface area contributed by atoms with Gasteiger partial charge in [-0.25, -0.2) is 9.67 Å². The van der Waals surface area contributed by atoms with E-state index in [0.717, 1.165) is 11.6 Å². The molecule has 0 aliphatic carbocycles. The zero-order valence-electron chi connectivity index (χ0n) is 12.4. The van der Waals surface area contributed by atoms with Crippen LogP contribution in [0.1, 0.15) is 51.2 Å². The molecule has 1 rings (SSSR count). The fraction of sp³-hybridized carbons (Fsp3) is 0.500. The zero-order chi connectivity index (χ0) is 14.3. The summed E-state index contributed by atoms with van der Waals surface area (Å²) in [6.07, 6.45) is 10.4. The van der Waals surface area contributed by atoms with E-state index < -0.39 is 0 Å². The normalized spacial score (nSPS) is 11.9. The highest BCUT2D eigenvalue weighted by Gasteiger charge is 2.11. The van der Waals surface area contributed by atoms with E-state index in [1.165, 1.54) is 31.3 Å². The molecule has 1 heterocycles. The molecule has 0 aliphatic rings. The molecular weight excluding hydrogens is 234 g/mol. The van der Waals surface area contributed by atoms with Gasteiger partial charge in [-0.15, -0.1) is 0 Å². The van der Waals surface area contributed by atoms with Crippen LogP contribution in [0.2, 0.25) is 0 Å². The average Bonchev–Trinajstić information content (AvgIpc) is 2.76. The monoisotopic (exact) mass is 259 g/mol. The van der Waals surface area contributed by atoms with Gasteiger partial charge in [0.2, 0.25) is 0 Å². The second-order valence-electron chi connectivity index (χ2n) is 4.77. The van der Waals surface area contributed by atoms with Crippen LogP contribution in [0.25, 0.3) is 12.3 Å². The number of aryl methyl sites for hydroxylation is 1. The molecule has 1 aromatic rings. The molecule has 0 radical (unpaired) electrons. The van der Waals surface area contributed by atoms with Gasteiger partial charge in [-0.3, -0.25) is 0 Å². The number of hydrogen-bond acceptors (Lipinski definition) is 2. The number of allylic oxidation sites excluding steroid dienone is 2. The quantitative estimate of drug-likeness (QED) is 0.645. The van der Waals surface area contributed by atoms with E-state index in [2.05, 4.69) is 37.1 Å². The second kappa shape index (κ2) is 7.72. The standard InChI is InChI=1S/C16H25N3/c1-6-10-15(11-7-2)14(8-3)12-19-16(9-4)17-13(5)18-19/h8-9,12,15H,3-4,6-7,10-11H2,1-2,5H3/b14-12+. The third kappa shape index (κ3) is 4.19. The SMILES string of the molecule is C=C/C(=C\n1nc(C)nc1C=C)C(CCC)CCC. The molecule has 3 nitrogen and oxygen atoms in total. The van der Waals surface area contributed by atoms with E-state index in [9.17, 15) is 0 Å². The molecule has 0 saturated heterocycles. The lowest BCUT2D eigenvalue weighted by atomic mass is 9.90. The summed E-state index contributed by atoms with van der Waals surface area (Å²) in [5.74, 6) is 2.09.